The number of halogens is 2. The number of hydrogen-bond donors (Lipinski definition) is 1. The van der Waals surface area contributed by atoms with Crippen LogP contribution in [-0.4, -0.2) is 29.6 Å². The summed E-state index contributed by atoms with van der Waals surface area (Å²) in [6.45, 7) is 4.58. The molecule has 1 saturated heterocycles. The minimum atomic E-state index is 0. The van der Waals surface area contributed by atoms with Crippen molar-refractivity contribution in [1.29, 1.82) is 0 Å². The van der Waals surface area contributed by atoms with Crippen molar-refractivity contribution in [2.75, 3.05) is 24.5 Å². The van der Waals surface area contributed by atoms with Gasteiger partial charge >= 0.3 is 0 Å². The van der Waals surface area contributed by atoms with Gasteiger partial charge in [-0.2, -0.15) is 0 Å². The van der Waals surface area contributed by atoms with Gasteiger partial charge in [0.1, 0.15) is 5.15 Å². The summed E-state index contributed by atoms with van der Waals surface area (Å²) in [4.78, 5) is 10.8. The number of nitrogens with two attached hydrogens (primary N) is 1. The molecule has 2 N–H and O–H groups in total. The summed E-state index contributed by atoms with van der Waals surface area (Å²) in [6.07, 6.45) is 4.13. The second-order valence-electron chi connectivity index (χ2n) is 4.33. The van der Waals surface area contributed by atoms with Gasteiger partial charge in [-0.25, -0.2) is 9.97 Å². The minimum absolute atomic E-state index is 0. The zero-order valence-electron chi connectivity index (χ0n) is 9.90. The van der Waals surface area contributed by atoms with Crippen molar-refractivity contribution in [2.24, 2.45) is 11.7 Å². The molecule has 6 heteroatoms. The highest BCUT2D eigenvalue weighted by molar-refractivity contribution is 6.30. The summed E-state index contributed by atoms with van der Waals surface area (Å²) in [6, 6.07) is 0. The van der Waals surface area contributed by atoms with Crippen molar-refractivity contribution in [2.45, 2.75) is 19.8 Å². The Morgan fingerprint density at radius 2 is 2.35 bits per heavy atom. The van der Waals surface area contributed by atoms with E-state index in [4.69, 9.17) is 17.3 Å². The smallest absolute Gasteiger partial charge is 0.226 e. The first-order valence-electron chi connectivity index (χ1n) is 5.65. The first-order valence-corrected chi connectivity index (χ1v) is 6.02. The first-order chi connectivity index (χ1) is 7.70. The molecule has 0 amide bonds. The summed E-state index contributed by atoms with van der Waals surface area (Å²) in [5.41, 5.74) is 6.62. The van der Waals surface area contributed by atoms with Crippen LogP contribution in [0.4, 0.5) is 5.95 Å². The third kappa shape index (κ3) is 3.44. The number of anilines is 1. The van der Waals surface area contributed by atoms with Crippen molar-refractivity contribution in [1.82, 2.24) is 9.97 Å². The Morgan fingerprint density at radius 3 is 3.00 bits per heavy atom. The van der Waals surface area contributed by atoms with Gasteiger partial charge in [0.2, 0.25) is 5.95 Å². The predicted octanol–water partition coefficient (Wildman–Crippen LogP) is 2.04. The molecule has 0 aliphatic carbocycles. The van der Waals surface area contributed by atoms with Gasteiger partial charge in [0.25, 0.3) is 0 Å². The number of hydrogen-bond acceptors (Lipinski definition) is 4. The number of nitrogens with zero attached hydrogens (tertiary/aromatic N) is 3. The molecule has 17 heavy (non-hydrogen) atoms. The summed E-state index contributed by atoms with van der Waals surface area (Å²) in [5.74, 6) is 1.28. The second-order valence-corrected chi connectivity index (χ2v) is 4.69. The molecule has 0 spiro atoms. The quantitative estimate of drug-likeness (QED) is 0.840. The highest BCUT2D eigenvalue weighted by Gasteiger charge is 2.20. The molecule has 2 heterocycles. The Hall–Kier alpha value is -0.580. The van der Waals surface area contributed by atoms with Gasteiger partial charge in [0.15, 0.2) is 0 Å². The summed E-state index contributed by atoms with van der Waals surface area (Å²) in [7, 11) is 0. The van der Waals surface area contributed by atoms with E-state index in [9.17, 15) is 0 Å². The molecule has 0 bridgehead atoms. The molecular formula is C11H18Cl2N4. The lowest BCUT2D eigenvalue weighted by molar-refractivity contribution is 0.419. The Morgan fingerprint density at radius 1 is 1.59 bits per heavy atom. The van der Waals surface area contributed by atoms with E-state index in [-0.39, 0.29) is 12.4 Å². The molecule has 4 nitrogen and oxygen atoms in total. The SMILES string of the molecule is Cc1cnc(N2CCCC(CN)C2)nc1Cl.Cl. The molecule has 1 aliphatic heterocycles. The van der Waals surface area contributed by atoms with Crippen LogP contribution in [0.5, 0.6) is 0 Å². The van der Waals surface area contributed by atoms with Crippen LogP contribution in [0.1, 0.15) is 18.4 Å². The van der Waals surface area contributed by atoms with Crippen LogP contribution in [0.15, 0.2) is 6.20 Å². The molecule has 1 aromatic heterocycles. The highest BCUT2D eigenvalue weighted by atomic mass is 35.5. The lowest BCUT2D eigenvalue weighted by Crippen LogP contribution is -2.39. The van der Waals surface area contributed by atoms with E-state index in [1.807, 2.05) is 6.92 Å². The van der Waals surface area contributed by atoms with Crippen molar-refractivity contribution in [3.05, 3.63) is 16.9 Å². The third-order valence-corrected chi connectivity index (χ3v) is 3.41. The van der Waals surface area contributed by atoms with Gasteiger partial charge in [0.05, 0.1) is 0 Å². The Balaban J connectivity index is 0.00000144. The molecule has 1 unspecified atom stereocenters. The fourth-order valence-electron chi connectivity index (χ4n) is 2.00. The standard InChI is InChI=1S/C11H17ClN4.ClH/c1-8-6-14-11(15-10(8)12)16-4-2-3-9(5-13)7-16;/h6,9H,2-5,7,13H2,1H3;1H. The highest BCUT2D eigenvalue weighted by Crippen LogP contribution is 2.21. The fraction of sp³-hybridized carbons (Fsp3) is 0.636. The van der Waals surface area contributed by atoms with Crippen LogP contribution in [0.25, 0.3) is 0 Å². The maximum atomic E-state index is 6.00. The topological polar surface area (TPSA) is 55.0 Å². The summed E-state index contributed by atoms with van der Waals surface area (Å²) in [5, 5.41) is 0.542. The molecule has 2 rings (SSSR count). The zero-order chi connectivity index (χ0) is 11.5. The van der Waals surface area contributed by atoms with Crippen LogP contribution in [0.3, 0.4) is 0 Å². The molecular weight excluding hydrogens is 259 g/mol. The molecule has 1 fully saturated rings. The van der Waals surface area contributed by atoms with Crippen molar-refractivity contribution < 1.29 is 0 Å². The van der Waals surface area contributed by atoms with E-state index in [1.54, 1.807) is 6.20 Å². The number of aryl methyl sites for hydroxylation is 1. The molecule has 1 aliphatic rings. The Bertz CT molecular complexity index is 372. The average molecular weight is 277 g/mol. The monoisotopic (exact) mass is 276 g/mol. The van der Waals surface area contributed by atoms with Gasteiger partial charge in [-0.05, 0) is 32.2 Å². The maximum Gasteiger partial charge on any atom is 0.226 e. The first kappa shape index (κ1) is 14.5. The third-order valence-electron chi connectivity index (χ3n) is 3.03. The number of piperidine rings is 1. The Labute approximate surface area is 113 Å². The normalized spacial score (nSPS) is 19.9. The van der Waals surface area contributed by atoms with Crippen LogP contribution in [0.2, 0.25) is 5.15 Å². The van der Waals surface area contributed by atoms with Gasteiger partial charge < -0.3 is 10.6 Å². The van der Waals surface area contributed by atoms with Gasteiger partial charge in [-0.1, -0.05) is 11.6 Å². The average Bonchev–Trinajstić information content (AvgIpc) is 2.33. The molecule has 0 saturated carbocycles. The zero-order valence-corrected chi connectivity index (χ0v) is 11.5. The second kappa shape index (κ2) is 6.38. The lowest BCUT2D eigenvalue weighted by atomic mass is 9.99. The molecule has 0 aromatic carbocycles. The minimum Gasteiger partial charge on any atom is -0.340 e. The Kier molecular flexibility index (Phi) is 5.43. The van der Waals surface area contributed by atoms with E-state index >= 15 is 0 Å². The van der Waals surface area contributed by atoms with E-state index in [0.29, 0.717) is 11.1 Å². The molecule has 96 valence electrons. The van der Waals surface area contributed by atoms with Gasteiger partial charge in [0, 0.05) is 24.8 Å². The van der Waals surface area contributed by atoms with Gasteiger partial charge in [-0.3, -0.25) is 0 Å². The van der Waals surface area contributed by atoms with Crippen molar-refractivity contribution in [3.63, 3.8) is 0 Å². The number of aromatic nitrogens is 2. The predicted molar refractivity (Wildman–Crippen MR) is 73.0 cm³/mol. The fourth-order valence-corrected chi connectivity index (χ4v) is 2.13. The number of rotatable bonds is 2. The van der Waals surface area contributed by atoms with E-state index in [1.165, 1.54) is 6.42 Å². The maximum absolute atomic E-state index is 6.00. The molecule has 0 radical (unpaired) electrons. The van der Waals surface area contributed by atoms with E-state index in [0.717, 1.165) is 37.6 Å². The molecule has 1 atom stereocenters. The van der Waals surface area contributed by atoms with Crippen molar-refractivity contribution >= 4 is 30.0 Å². The van der Waals surface area contributed by atoms with Crippen LogP contribution in [-0.2, 0) is 0 Å². The van der Waals surface area contributed by atoms with Crippen LogP contribution < -0.4 is 10.6 Å². The van der Waals surface area contributed by atoms with Crippen LogP contribution in [0, 0.1) is 12.8 Å². The largest absolute Gasteiger partial charge is 0.340 e. The van der Waals surface area contributed by atoms with E-state index < -0.39 is 0 Å². The van der Waals surface area contributed by atoms with Crippen LogP contribution >= 0.6 is 24.0 Å². The van der Waals surface area contributed by atoms with E-state index in [2.05, 4.69) is 14.9 Å². The molecule has 1 aromatic rings. The van der Waals surface area contributed by atoms with Crippen molar-refractivity contribution in [3.8, 4) is 0 Å². The lowest BCUT2D eigenvalue weighted by Gasteiger charge is -2.32. The summed E-state index contributed by atoms with van der Waals surface area (Å²) >= 11 is 6.00. The van der Waals surface area contributed by atoms with Gasteiger partial charge in [-0.15, -0.1) is 12.4 Å². The summed E-state index contributed by atoms with van der Waals surface area (Å²) < 4.78 is 0.